The summed E-state index contributed by atoms with van der Waals surface area (Å²) in [5.41, 5.74) is 1.77. The van der Waals surface area contributed by atoms with Gasteiger partial charge in [-0.1, -0.05) is 24.8 Å². The Morgan fingerprint density at radius 1 is 1.29 bits per heavy atom. The molecule has 1 heterocycles. The van der Waals surface area contributed by atoms with Crippen LogP contribution in [0.2, 0.25) is 0 Å². The number of carbonyl (C=O) groups is 1. The Labute approximate surface area is 141 Å². The van der Waals surface area contributed by atoms with Crippen LogP contribution in [-0.4, -0.2) is 24.7 Å². The SMILES string of the molecule is C=CCOC(=O)/C=C/c1ccc(OCc2cccnc2)c(OC)c1. The molecule has 2 rings (SSSR count). The Bertz CT molecular complexity index is 711. The number of methoxy groups -OCH3 is 1. The van der Waals surface area contributed by atoms with Crippen molar-refractivity contribution in [3.8, 4) is 11.5 Å². The van der Waals surface area contributed by atoms with E-state index in [4.69, 9.17) is 14.2 Å². The normalized spacial score (nSPS) is 10.4. The predicted octanol–water partition coefficient (Wildman–Crippen LogP) is 3.41. The Balaban J connectivity index is 2.03. The van der Waals surface area contributed by atoms with Gasteiger partial charge in [0.2, 0.25) is 0 Å². The van der Waals surface area contributed by atoms with Gasteiger partial charge >= 0.3 is 5.97 Å². The molecule has 0 atom stereocenters. The van der Waals surface area contributed by atoms with Crippen molar-refractivity contribution >= 4 is 12.0 Å². The summed E-state index contributed by atoms with van der Waals surface area (Å²) in [6.07, 6.45) is 7.99. The maximum atomic E-state index is 11.4. The van der Waals surface area contributed by atoms with Gasteiger partial charge in [-0.2, -0.15) is 0 Å². The van der Waals surface area contributed by atoms with Crippen molar-refractivity contribution in [1.82, 2.24) is 4.98 Å². The Morgan fingerprint density at radius 2 is 2.17 bits per heavy atom. The van der Waals surface area contributed by atoms with Crippen LogP contribution in [0.15, 0.2) is 61.5 Å². The number of ether oxygens (including phenoxy) is 3. The van der Waals surface area contributed by atoms with E-state index in [2.05, 4.69) is 11.6 Å². The van der Waals surface area contributed by atoms with Crippen LogP contribution in [0.25, 0.3) is 6.08 Å². The molecular weight excluding hydrogens is 306 g/mol. The smallest absolute Gasteiger partial charge is 0.331 e. The number of nitrogens with zero attached hydrogens (tertiary/aromatic N) is 1. The number of aromatic nitrogens is 1. The van der Waals surface area contributed by atoms with E-state index in [1.165, 1.54) is 12.2 Å². The first-order valence-electron chi connectivity index (χ1n) is 7.38. The van der Waals surface area contributed by atoms with E-state index in [9.17, 15) is 4.79 Å². The number of pyridine rings is 1. The van der Waals surface area contributed by atoms with Gasteiger partial charge in [0.25, 0.3) is 0 Å². The molecule has 124 valence electrons. The lowest BCUT2D eigenvalue weighted by Gasteiger charge is -2.11. The third-order valence-electron chi connectivity index (χ3n) is 3.06. The summed E-state index contributed by atoms with van der Waals surface area (Å²) < 4.78 is 16.0. The summed E-state index contributed by atoms with van der Waals surface area (Å²) in [5.74, 6) is 0.777. The van der Waals surface area contributed by atoms with E-state index < -0.39 is 5.97 Å². The lowest BCUT2D eigenvalue weighted by Crippen LogP contribution is -2.00. The van der Waals surface area contributed by atoms with Gasteiger partial charge < -0.3 is 14.2 Å². The van der Waals surface area contributed by atoms with Crippen molar-refractivity contribution in [3.05, 3.63) is 72.6 Å². The fourth-order valence-corrected chi connectivity index (χ4v) is 1.91. The van der Waals surface area contributed by atoms with Crippen LogP contribution in [-0.2, 0) is 16.1 Å². The molecule has 0 N–H and O–H groups in total. The largest absolute Gasteiger partial charge is 0.493 e. The maximum Gasteiger partial charge on any atom is 0.331 e. The summed E-state index contributed by atoms with van der Waals surface area (Å²) in [5, 5.41) is 0. The molecule has 5 nitrogen and oxygen atoms in total. The summed E-state index contributed by atoms with van der Waals surface area (Å²) >= 11 is 0. The first-order chi connectivity index (χ1) is 11.7. The number of carbonyl (C=O) groups excluding carboxylic acids is 1. The lowest BCUT2D eigenvalue weighted by atomic mass is 10.2. The molecule has 0 saturated carbocycles. The van der Waals surface area contributed by atoms with Crippen molar-refractivity contribution in [3.63, 3.8) is 0 Å². The standard InChI is InChI=1S/C19H19NO4/c1-3-11-23-19(21)9-7-15-6-8-17(18(12-15)22-2)24-14-16-5-4-10-20-13-16/h3-10,12-13H,1,11,14H2,2H3/b9-7+. The van der Waals surface area contributed by atoms with Crippen molar-refractivity contribution < 1.29 is 19.0 Å². The molecule has 0 radical (unpaired) electrons. The Morgan fingerprint density at radius 3 is 2.88 bits per heavy atom. The molecule has 0 aliphatic heterocycles. The van der Waals surface area contributed by atoms with Crippen LogP contribution in [0.1, 0.15) is 11.1 Å². The highest BCUT2D eigenvalue weighted by atomic mass is 16.5. The van der Waals surface area contributed by atoms with Gasteiger partial charge in [-0.25, -0.2) is 4.79 Å². The van der Waals surface area contributed by atoms with Gasteiger partial charge in [0, 0.05) is 24.0 Å². The highest BCUT2D eigenvalue weighted by Crippen LogP contribution is 2.29. The summed E-state index contributed by atoms with van der Waals surface area (Å²) in [6.45, 7) is 4.07. The molecule has 0 spiro atoms. The highest BCUT2D eigenvalue weighted by Gasteiger charge is 2.06. The molecule has 1 aromatic heterocycles. The lowest BCUT2D eigenvalue weighted by molar-refractivity contribution is -0.136. The van der Waals surface area contributed by atoms with Gasteiger partial charge in [0.15, 0.2) is 11.5 Å². The van der Waals surface area contributed by atoms with E-state index >= 15 is 0 Å². The van der Waals surface area contributed by atoms with Gasteiger partial charge in [-0.3, -0.25) is 4.98 Å². The van der Waals surface area contributed by atoms with Crippen LogP contribution in [0.5, 0.6) is 11.5 Å². The fourth-order valence-electron chi connectivity index (χ4n) is 1.91. The van der Waals surface area contributed by atoms with Gasteiger partial charge in [0.1, 0.15) is 13.2 Å². The minimum absolute atomic E-state index is 0.188. The van der Waals surface area contributed by atoms with E-state index in [1.807, 2.05) is 18.2 Å². The molecule has 0 aliphatic rings. The zero-order valence-corrected chi connectivity index (χ0v) is 13.5. The number of hydrogen-bond acceptors (Lipinski definition) is 5. The van der Waals surface area contributed by atoms with Crippen molar-refractivity contribution in [2.75, 3.05) is 13.7 Å². The number of rotatable bonds is 8. The summed E-state index contributed by atoms with van der Waals surface area (Å²) in [7, 11) is 1.57. The maximum absolute atomic E-state index is 11.4. The second-order valence-electron chi connectivity index (χ2n) is 4.81. The van der Waals surface area contributed by atoms with Gasteiger partial charge in [-0.15, -0.1) is 0 Å². The monoisotopic (exact) mass is 325 g/mol. The molecule has 24 heavy (non-hydrogen) atoms. The highest BCUT2D eigenvalue weighted by molar-refractivity contribution is 5.87. The van der Waals surface area contributed by atoms with Crippen LogP contribution in [0.3, 0.4) is 0 Å². The Hall–Kier alpha value is -3.08. The molecule has 0 bridgehead atoms. The molecule has 1 aromatic carbocycles. The fraction of sp³-hybridized carbons (Fsp3) is 0.158. The van der Waals surface area contributed by atoms with Gasteiger partial charge in [-0.05, 0) is 29.8 Å². The predicted molar refractivity (Wildman–Crippen MR) is 91.8 cm³/mol. The van der Waals surface area contributed by atoms with Crippen LogP contribution < -0.4 is 9.47 Å². The number of hydrogen-bond donors (Lipinski definition) is 0. The molecule has 0 aliphatic carbocycles. The molecule has 0 fully saturated rings. The molecule has 0 unspecified atom stereocenters. The second-order valence-corrected chi connectivity index (χ2v) is 4.81. The zero-order valence-electron chi connectivity index (χ0n) is 13.5. The quantitative estimate of drug-likeness (QED) is 0.423. The minimum atomic E-state index is -0.425. The molecular formula is C19H19NO4. The van der Waals surface area contributed by atoms with Crippen LogP contribution in [0, 0.1) is 0 Å². The Kier molecular flexibility index (Phi) is 6.58. The third-order valence-corrected chi connectivity index (χ3v) is 3.06. The van der Waals surface area contributed by atoms with E-state index in [0.717, 1.165) is 11.1 Å². The second kappa shape index (κ2) is 9.15. The molecule has 5 heteroatoms. The first kappa shape index (κ1) is 17.3. The van der Waals surface area contributed by atoms with Gasteiger partial charge in [0.05, 0.1) is 7.11 Å². The van der Waals surface area contributed by atoms with E-state index in [1.54, 1.807) is 37.7 Å². The molecule has 2 aromatic rings. The molecule has 0 amide bonds. The van der Waals surface area contributed by atoms with E-state index in [-0.39, 0.29) is 6.61 Å². The zero-order chi connectivity index (χ0) is 17.2. The van der Waals surface area contributed by atoms with Crippen LogP contribution >= 0.6 is 0 Å². The number of benzene rings is 1. The summed E-state index contributed by atoms with van der Waals surface area (Å²) in [6, 6.07) is 9.21. The number of esters is 1. The van der Waals surface area contributed by atoms with Crippen molar-refractivity contribution in [2.45, 2.75) is 6.61 Å². The first-order valence-corrected chi connectivity index (χ1v) is 7.38. The molecule has 0 saturated heterocycles. The topological polar surface area (TPSA) is 57.7 Å². The average Bonchev–Trinajstić information content (AvgIpc) is 2.64. The summed E-state index contributed by atoms with van der Waals surface area (Å²) in [4.78, 5) is 15.5. The minimum Gasteiger partial charge on any atom is -0.493 e. The third kappa shape index (κ3) is 5.28. The van der Waals surface area contributed by atoms with Crippen molar-refractivity contribution in [1.29, 1.82) is 0 Å². The van der Waals surface area contributed by atoms with Crippen LogP contribution in [0.4, 0.5) is 0 Å². The van der Waals surface area contributed by atoms with E-state index in [0.29, 0.717) is 18.1 Å². The van der Waals surface area contributed by atoms with Crippen molar-refractivity contribution in [2.24, 2.45) is 0 Å². The average molecular weight is 325 g/mol.